The molecule has 1 unspecified atom stereocenters. The van der Waals surface area contributed by atoms with Gasteiger partial charge in [0.15, 0.2) is 0 Å². The van der Waals surface area contributed by atoms with Gasteiger partial charge in [-0.3, -0.25) is 4.90 Å². The second-order valence-corrected chi connectivity index (χ2v) is 6.30. The largest absolute Gasteiger partial charge is 0.287 e. The molecule has 1 saturated carbocycles. The summed E-state index contributed by atoms with van der Waals surface area (Å²) in [5, 5.41) is 11.3. The van der Waals surface area contributed by atoms with E-state index in [9.17, 15) is 5.26 Å². The highest BCUT2D eigenvalue weighted by Gasteiger charge is 2.34. The van der Waals surface area contributed by atoms with Crippen molar-refractivity contribution in [3.8, 4) is 6.07 Å². The third-order valence-corrected chi connectivity index (χ3v) is 4.66. The Kier molecular flexibility index (Phi) is 4.15. The molecule has 2 aromatic rings. The molecule has 0 radical (unpaired) electrons. The summed E-state index contributed by atoms with van der Waals surface area (Å²) in [6.07, 6.45) is 3.09. The molecule has 1 heterocycles. The maximum absolute atomic E-state index is 9.20. The molecule has 1 aromatic carbocycles. The van der Waals surface area contributed by atoms with Crippen LogP contribution in [0.25, 0.3) is 0 Å². The molecule has 0 bridgehead atoms. The lowest BCUT2D eigenvalue weighted by Gasteiger charge is -2.30. The Morgan fingerprint density at radius 2 is 2.00 bits per heavy atom. The topological polar surface area (TPSA) is 27.0 Å². The molecule has 3 heteroatoms. The van der Waals surface area contributed by atoms with Gasteiger partial charge in [-0.1, -0.05) is 36.4 Å². The Hall–Kier alpha value is -1.63. The van der Waals surface area contributed by atoms with Crippen LogP contribution in [0.1, 0.15) is 35.7 Å². The maximum Gasteiger partial charge on any atom is 0.0641 e. The van der Waals surface area contributed by atoms with Crippen molar-refractivity contribution < 1.29 is 0 Å². The maximum atomic E-state index is 9.20. The molecule has 2 nitrogen and oxygen atoms in total. The Morgan fingerprint density at radius 3 is 2.60 bits per heavy atom. The van der Waals surface area contributed by atoms with Crippen molar-refractivity contribution in [2.45, 2.75) is 37.9 Å². The third-order valence-electron chi connectivity index (χ3n) is 3.80. The smallest absolute Gasteiger partial charge is 0.0641 e. The zero-order chi connectivity index (χ0) is 13.8. The van der Waals surface area contributed by atoms with Crippen LogP contribution in [0.15, 0.2) is 47.8 Å². The lowest BCUT2D eigenvalue weighted by atomic mass is 10.0. The van der Waals surface area contributed by atoms with Gasteiger partial charge in [0.25, 0.3) is 0 Å². The van der Waals surface area contributed by atoms with E-state index in [2.05, 4.69) is 52.7 Å². The number of hydrogen-bond acceptors (Lipinski definition) is 3. The van der Waals surface area contributed by atoms with E-state index < -0.39 is 0 Å². The molecular weight excluding hydrogens is 264 g/mol. The minimum Gasteiger partial charge on any atom is -0.287 e. The standard InChI is InChI=1S/C17H18N2S/c18-11-10-17(14-5-2-1-3-6-14)19(15-8-9-15)13-16-7-4-12-20-16/h1-7,12,15,17H,8-10,13H2. The van der Waals surface area contributed by atoms with Gasteiger partial charge in [-0.25, -0.2) is 0 Å². The van der Waals surface area contributed by atoms with Crippen molar-refractivity contribution >= 4 is 11.3 Å². The van der Waals surface area contributed by atoms with Crippen molar-refractivity contribution in [3.63, 3.8) is 0 Å². The highest BCUT2D eigenvalue weighted by molar-refractivity contribution is 7.09. The number of nitriles is 1. The molecule has 1 fully saturated rings. The summed E-state index contributed by atoms with van der Waals surface area (Å²) >= 11 is 1.80. The van der Waals surface area contributed by atoms with E-state index in [0.717, 1.165) is 6.54 Å². The van der Waals surface area contributed by atoms with E-state index in [-0.39, 0.29) is 6.04 Å². The average molecular weight is 282 g/mol. The Labute approximate surface area is 124 Å². The van der Waals surface area contributed by atoms with Gasteiger partial charge in [-0.05, 0) is 29.9 Å². The molecule has 1 aromatic heterocycles. The minimum absolute atomic E-state index is 0.218. The van der Waals surface area contributed by atoms with Crippen molar-refractivity contribution in [3.05, 3.63) is 58.3 Å². The van der Waals surface area contributed by atoms with Gasteiger partial charge < -0.3 is 0 Å². The summed E-state index contributed by atoms with van der Waals surface area (Å²) in [7, 11) is 0. The van der Waals surface area contributed by atoms with E-state index in [0.29, 0.717) is 12.5 Å². The van der Waals surface area contributed by atoms with Crippen LogP contribution in [-0.2, 0) is 6.54 Å². The van der Waals surface area contributed by atoms with Gasteiger partial charge in [-0.2, -0.15) is 5.26 Å². The first-order valence-electron chi connectivity index (χ1n) is 7.08. The highest BCUT2D eigenvalue weighted by atomic mass is 32.1. The third kappa shape index (κ3) is 3.09. The SMILES string of the molecule is N#CCC(c1ccccc1)N(Cc1cccs1)C1CC1. The number of rotatable bonds is 6. The predicted octanol–water partition coefficient (Wildman–Crippen LogP) is 4.37. The first-order chi connectivity index (χ1) is 9.88. The summed E-state index contributed by atoms with van der Waals surface area (Å²) in [6, 6.07) is 18.0. The predicted molar refractivity (Wildman–Crippen MR) is 82.3 cm³/mol. The first kappa shape index (κ1) is 13.4. The van der Waals surface area contributed by atoms with Crippen LogP contribution in [0, 0.1) is 11.3 Å². The fourth-order valence-electron chi connectivity index (χ4n) is 2.67. The monoisotopic (exact) mass is 282 g/mol. The van der Waals surface area contributed by atoms with Crippen molar-refractivity contribution in [1.82, 2.24) is 4.90 Å². The summed E-state index contributed by atoms with van der Waals surface area (Å²) in [4.78, 5) is 3.90. The lowest BCUT2D eigenvalue weighted by Crippen LogP contribution is -2.30. The zero-order valence-corrected chi connectivity index (χ0v) is 12.2. The fourth-order valence-corrected chi connectivity index (χ4v) is 3.38. The lowest BCUT2D eigenvalue weighted by molar-refractivity contribution is 0.181. The van der Waals surface area contributed by atoms with Crippen LogP contribution < -0.4 is 0 Å². The molecule has 1 aliphatic carbocycles. The van der Waals surface area contributed by atoms with Crippen LogP contribution in [0.3, 0.4) is 0 Å². The van der Waals surface area contributed by atoms with Crippen molar-refractivity contribution in [2.75, 3.05) is 0 Å². The molecule has 0 N–H and O–H groups in total. The number of hydrogen-bond donors (Lipinski definition) is 0. The fraction of sp³-hybridized carbons (Fsp3) is 0.353. The molecule has 102 valence electrons. The van der Waals surface area contributed by atoms with Gasteiger partial charge in [0, 0.05) is 23.5 Å². The molecule has 20 heavy (non-hydrogen) atoms. The van der Waals surface area contributed by atoms with E-state index >= 15 is 0 Å². The quantitative estimate of drug-likeness (QED) is 0.786. The normalized spacial score (nSPS) is 16.0. The molecule has 0 spiro atoms. The van der Waals surface area contributed by atoms with E-state index in [1.54, 1.807) is 11.3 Å². The van der Waals surface area contributed by atoms with Crippen molar-refractivity contribution in [1.29, 1.82) is 5.26 Å². The summed E-state index contributed by atoms with van der Waals surface area (Å²) in [5.74, 6) is 0. The van der Waals surface area contributed by atoms with Gasteiger partial charge in [0.05, 0.1) is 12.5 Å². The summed E-state index contributed by atoms with van der Waals surface area (Å²) < 4.78 is 0. The van der Waals surface area contributed by atoms with Gasteiger partial charge in [0.2, 0.25) is 0 Å². The van der Waals surface area contributed by atoms with Crippen LogP contribution in [0.5, 0.6) is 0 Å². The van der Waals surface area contributed by atoms with E-state index in [1.807, 2.05) is 6.07 Å². The van der Waals surface area contributed by atoms with Crippen LogP contribution in [0.4, 0.5) is 0 Å². The highest BCUT2D eigenvalue weighted by Crippen LogP contribution is 2.37. The number of benzene rings is 1. The number of thiophene rings is 1. The van der Waals surface area contributed by atoms with Gasteiger partial charge in [0.1, 0.15) is 0 Å². The van der Waals surface area contributed by atoms with Gasteiger partial charge in [-0.15, -0.1) is 11.3 Å². The average Bonchev–Trinajstić information content (AvgIpc) is 3.21. The first-order valence-corrected chi connectivity index (χ1v) is 7.96. The van der Waals surface area contributed by atoms with Crippen LogP contribution in [-0.4, -0.2) is 10.9 Å². The Morgan fingerprint density at radius 1 is 1.20 bits per heavy atom. The van der Waals surface area contributed by atoms with Crippen LogP contribution in [0.2, 0.25) is 0 Å². The summed E-state index contributed by atoms with van der Waals surface area (Å²) in [6.45, 7) is 0.962. The Bertz CT molecular complexity index is 567. The Balaban J connectivity index is 1.85. The second kappa shape index (κ2) is 6.21. The zero-order valence-electron chi connectivity index (χ0n) is 11.4. The minimum atomic E-state index is 0.218. The van der Waals surface area contributed by atoms with Crippen molar-refractivity contribution in [2.24, 2.45) is 0 Å². The number of nitrogens with zero attached hydrogens (tertiary/aromatic N) is 2. The van der Waals surface area contributed by atoms with Gasteiger partial charge >= 0.3 is 0 Å². The molecule has 1 aliphatic rings. The second-order valence-electron chi connectivity index (χ2n) is 5.27. The molecule has 1 atom stereocenters. The molecule has 3 rings (SSSR count). The summed E-state index contributed by atoms with van der Waals surface area (Å²) in [5.41, 5.74) is 1.26. The molecular formula is C17H18N2S. The van der Waals surface area contributed by atoms with E-state index in [4.69, 9.17) is 0 Å². The molecule has 0 amide bonds. The van der Waals surface area contributed by atoms with Crippen LogP contribution >= 0.6 is 11.3 Å². The van der Waals surface area contributed by atoms with E-state index in [1.165, 1.54) is 23.3 Å². The molecule has 0 saturated heterocycles. The molecule has 0 aliphatic heterocycles.